The number of carbonyl (C=O) groups excluding carboxylic acids is 2. The average molecular weight is 601 g/mol. The summed E-state index contributed by atoms with van der Waals surface area (Å²) in [5, 5.41) is 24.5. The highest BCUT2D eigenvalue weighted by Crippen LogP contribution is 2.46. The minimum absolute atomic E-state index is 0.135. The lowest BCUT2D eigenvalue weighted by atomic mass is 9.87. The number of nitrogens with zero attached hydrogens (tertiary/aromatic N) is 2. The summed E-state index contributed by atoms with van der Waals surface area (Å²) in [6.07, 6.45) is 0. The van der Waals surface area contributed by atoms with Gasteiger partial charge in [0.05, 0.1) is 35.2 Å². The van der Waals surface area contributed by atoms with Crippen LogP contribution >= 0.6 is 0 Å². The topological polar surface area (TPSA) is 157 Å². The van der Waals surface area contributed by atoms with Crippen LogP contribution < -0.4 is 18.9 Å². The van der Waals surface area contributed by atoms with Gasteiger partial charge in [-0.3, -0.25) is 20.2 Å². The molecule has 4 aromatic carbocycles. The summed E-state index contributed by atoms with van der Waals surface area (Å²) < 4.78 is 21.1. The van der Waals surface area contributed by atoms with E-state index in [0.29, 0.717) is 33.8 Å². The number of nitro groups is 2. The lowest BCUT2D eigenvalue weighted by Crippen LogP contribution is -2.12. The molecular formula is C32H28N2O10. The number of rotatable bonds is 9. The molecule has 0 aliphatic carbocycles. The van der Waals surface area contributed by atoms with Gasteiger partial charge in [-0.15, -0.1) is 0 Å². The number of carbonyl (C=O) groups is 2. The quantitative estimate of drug-likeness (QED) is 0.0860. The van der Waals surface area contributed by atoms with Crippen molar-refractivity contribution in [1.82, 2.24) is 0 Å². The van der Waals surface area contributed by atoms with Gasteiger partial charge >= 0.3 is 23.3 Å². The van der Waals surface area contributed by atoms with E-state index in [2.05, 4.69) is 0 Å². The number of benzene rings is 4. The second-order valence-electron chi connectivity index (χ2n) is 9.83. The van der Waals surface area contributed by atoms with Crippen LogP contribution in [0.5, 0.6) is 23.0 Å². The van der Waals surface area contributed by atoms with Crippen LogP contribution in [0.1, 0.15) is 43.0 Å². The Balaban J connectivity index is 1.79. The summed E-state index contributed by atoms with van der Waals surface area (Å²) in [7, 11) is 2.95. The molecule has 0 spiro atoms. The van der Waals surface area contributed by atoms with Crippen molar-refractivity contribution in [2.24, 2.45) is 0 Å². The lowest BCUT2D eigenvalue weighted by molar-refractivity contribution is -0.386. The highest BCUT2D eigenvalue weighted by atomic mass is 16.6. The monoisotopic (exact) mass is 600 g/mol. The van der Waals surface area contributed by atoms with Gasteiger partial charge in [-0.1, -0.05) is 0 Å². The molecule has 0 radical (unpaired) electrons. The molecule has 226 valence electrons. The Labute approximate surface area is 252 Å². The van der Waals surface area contributed by atoms with Crippen LogP contribution in [0.15, 0.2) is 60.7 Å². The summed E-state index contributed by atoms with van der Waals surface area (Å²) in [5.74, 6) is -1.13. The average Bonchev–Trinajstić information content (AvgIpc) is 2.98. The predicted molar refractivity (Wildman–Crippen MR) is 160 cm³/mol. The fourth-order valence-corrected chi connectivity index (χ4v) is 5.02. The molecule has 0 atom stereocenters. The van der Waals surface area contributed by atoms with Crippen molar-refractivity contribution in [2.75, 3.05) is 14.2 Å². The highest BCUT2D eigenvalue weighted by molar-refractivity contribution is 5.94. The van der Waals surface area contributed by atoms with Crippen molar-refractivity contribution in [2.45, 2.75) is 27.7 Å². The zero-order valence-corrected chi connectivity index (χ0v) is 24.8. The van der Waals surface area contributed by atoms with Gasteiger partial charge in [-0.2, -0.15) is 0 Å². The number of nitro benzene ring substituents is 2. The number of methoxy groups -OCH3 is 2. The third kappa shape index (κ3) is 6.04. The largest absolute Gasteiger partial charge is 0.497 e. The van der Waals surface area contributed by atoms with E-state index in [1.165, 1.54) is 64.5 Å². The van der Waals surface area contributed by atoms with Crippen LogP contribution in [0, 0.1) is 47.9 Å². The lowest BCUT2D eigenvalue weighted by Gasteiger charge is -2.19. The van der Waals surface area contributed by atoms with Gasteiger partial charge in [0.25, 0.3) is 0 Å². The van der Waals surface area contributed by atoms with E-state index in [-0.39, 0.29) is 33.8 Å². The number of hydrogen-bond donors (Lipinski definition) is 0. The van der Waals surface area contributed by atoms with Crippen molar-refractivity contribution in [1.29, 1.82) is 0 Å². The van der Waals surface area contributed by atoms with E-state index >= 15 is 0 Å². The summed E-state index contributed by atoms with van der Waals surface area (Å²) in [5.41, 5.74) is 1.28. The van der Waals surface area contributed by atoms with E-state index in [1.807, 2.05) is 0 Å². The molecule has 0 aliphatic rings. The zero-order valence-electron chi connectivity index (χ0n) is 24.8. The molecule has 0 N–H and O–H groups in total. The van der Waals surface area contributed by atoms with Crippen LogP contribution in [0.25, 0.3) is 11.1 Å². The molecule has 12 heteroatoms. The minimum Gasteiger partial charge on any atom is -0.497 e. The number of ether oxygens (including phenoxy) is 4. The van der Waals surface area contributed by atoms with Crippen LogP contribution in [0.3, 0.4) is 0 Å². The van der Waals surface area contributed by atoms with E-state index in [4.69, 9.17) is 18.9 Å². The number of hydrogen-bond acceptors (Lipinski definition) is 10. The highest BCUT2D eigenvalue weighted by Gasteiger charge is 2.31. The van der Waals surface area contributed by atoms with Gasteiger partial charge in [-0.25, -0.2) is 9.59 Å². The summed E-state index contributed by atoms with van der Waals surface area (Å²) >= 11 is 0. The standard InChI is InChI=1S/C32H28N2O10/c1-17-15-25(43-31(35)21-7-11-23(41-5)12-8-21)29(33(37)38)19(3)27(17)28-18(2)16-26(30(20(28)4)34(39)40)44-32(36)22-9-13-24(42-6)14-10-22/h7-16H,1-6H3. The van der Waals surface area contributed by atoms with Crippen molar-refractivity contribution >= 4 is 23.3 Å². The Morgan fingerprint density at radius 1 is 0.591 bits per heavy atom. The maximum absolute atomic E-state index is 12.8. The molecule has 0 heterocycles. The first-order valence-electron chi connectivity index (χ1n) is 13.2. The van der Waals surface area contributed by atoms with E-state index < -0.39 is 33.2 Å². The van der Waals surface area contributed by atoms with Gasteiger partial charge in [0.15, 0.2) is 0 Å². The summed E-state index contributed by atoms with van der Waals surface area (Å²) in [6.45, 7) is 6.26. The zero-order chi connectivity index (χ0) is 32.3. The van der Waals surface area contributed by atoms with Crippen LogP contribution in [-0.2, 0) is 0 Å². The Morgan fingerprint density at radius 2 is 0.909 bits per heavy atom. The maximum atomic E-state index is 12.8. The molecule has 4 aromatic rings. The molecule has 44 heavy (non-hydrogen) atoms. The minimum atomic E-state index is -0.812. The fraction of sp³-hybridized carbons (Fsp3) is 0.188. The number of esters is 2. The van der Waals surface area contributed by atoms with Gasteiger partial charge in [0, 0.05) is 11.1 Å². The van der Waals surface area contributed by atoms with Gasteiger partial charge in [0.1, 0.15) is 11.5 Å². The molecular weight excluding hydrogens is 572 g/mol. The normalized spacial score (nSPS) is 10.6. The van der Waals surface area contributed by atoms with Crippen LogP contribution in [0.4, 0.5) is 11.4 Å². The fourth-order valence-electron chi connectivity index (χ4n) is 5.02. The molecule has 0 amide bonds. The van der Waals surface area contributed by atoms with Crippen LogP contribution in [-0.4, -0.2) is 36.0 Å². The molecule has 0 aliphatic heterocycles. The molecule has 0 bridgehead atoms. The summed E-state index contributed by atoms with van der Waals surface area (Å²) in [4.78, 5) is 48.9. The van der Waals surface area contributed by atoms with Crippen molar-refractivity contribution < 1.29 is 38.4 Å². The molecule has 0 saturated heterocycles. The predicted octanol–water partition coefficient (Wildman–Crippen LogP) is 6.86. The first kappa shape index (κ1) is 31.2. The number of aryl methyl sites for hydroxylation is 2. The smallest absolute Gasteiger partial charge is 0.343 e. The van der Waals surface area contributed by atoms with Gasteiger partial charge < -0.3 is 18.9 Å². The van der Waals surface area contributed by atoms with Crippen molar-refractivity contribution in [3.63, 3.8) is 0 Å². The Kier molecular flexibility index (Phi) is 8.93. The van der Waals surface area contributed by atoms with E-state index in [9.17, 15) is 29.8 Å². The Hall–Kier alpha value is -5.78. The van der Waals surface area contributed by atoms with Gasteiger partial charge in [0.2, 0.25) is 11.5 Å². The SMILES string of the molecule is COc1ccc(C(=O)Oc2cc(C)c(-c3c(C)cc(OC(=O)c4ccc(OC)cc4)c([N+](=O)[O-])c3C)c(C)c2[N+](=O)[O-])cc1. The second-order valence-corrected chi connectivity index (χ2v) is 9.83. The van der Waals surface area contributed by atoms with Crippen LogP contribution in [0.2, 0.25) is 0 Å². The molecule has 0 fully saturated rings. The van der Waals surface area contributed by atoms with E-state index in [1.54, 1.807) is 38.1 Å². The third-order valence-corrected chi connectivity index (χ3v) is 7.08. The maximum Gasteiger partial charge on any atom is 0.343 e. The van der Waals surface area contributed by atoms with Crippen molar-refractivity contribution in [3.8, 4) is 34.1 Å². The Morgan fingerprint density at radius 3 is 1.18 bits per heavy atom. The molecule has 0 aromatic heterocycles. The Bertz CT molecular complexity index is 1660. The first-order chi connectivity index (χ1) is 20.9. The summed E-state index contributed by atoms with van der Waals surface area (Å²) in [6, 6.07) is 14.8. The molecule has 0 unspecified atom stereocenters. The van der Waals surface area contributed by atoms with Gasteiger partial charge in [-0.05, 0) is 111 Å². The van der Waals surface area contributed by atoms with Crippen molar-refractivity contribution in [3.05, 3.63) is 114 Å². The molecule has 0 saturated carbocycles. The first-order valence-corrected chi connectivity index (χ1v) is 13.2. The third-order valence-electron chi connectivity index (χ3n) is 7.08. The molecule has 12 nitrogen and oxygen atoms in total. The van der Waals surface area contributed by atoms with E-state index in [0.717, 1.165) is 0 Å². The molecule has 4 rings (SSSR count). The second kappa shape index (κ2) is 12.6.